The van der Waals surface area contributed by atoms with E-state index in [0.29, 0.717) is 0 Å². The van der Waals surface area contributed by atoms with Crippen molar-refractivity contribution in [3.63, 3.8) is 0 Å². The molecule has 3 heteroatoms. The van der Waals surface area contributed by atoms with Crippen LogP contribution in [-0.4, -0.2) is 14.5 Å². The largest absolute Gasteiger partial charge is 0.336 e. The monoisotopic (exact) mass is 467 g/mol. The molecule has 0 N–H and O–H groups in total. The number of rotatable bonds is 4. The van der Waals surface area contributed by atoms with Crippen molar-refractivity contribution in [2.75, 3.05) is 0 Å². The van der Waals surface area contributed by atoms with Gasteiger partial charge in [-0.15, -0.1) is 0 Å². The summed E-state index contributed by atoms with van der Waals surface area (Å²) in [7, 11) is 0. The van der Waals surface area contributed by atoms with E-state index in [4.69, 9.17) is 9.97 Å². The van der Waals surface area contributed by atoms with E-state index >= 15 is 0 Å². The second kappa shape index (κ2) is 8.76. The second-order valence-corrected chi connectivity index (χ2v) is 10.4. The van der Waals surface area contributed by atoms with Crippen LogP contribution < -0.4 is 0 Å². The normalized spacial score (nSPS) is 11.9. The van der Waals surface area contributed by atoms with Crippen LogP contribution in [0.2, 0.25) is 0 Å². The summed E-state index contributed by atoms with van der Waals surface area (Å²) in [4.78, 5) is 9.88. The molecule has 0 aliphatic heterocycles. The SMILES string of the molecule is CC(C)(C)c1nc(-c2ccccc2)cc(-c2ccc(Cn3c4ccccc4c4ccccc43)cc2)n1. The van der Waals surface area contributed by atoms with E-state index in [2.05, 4.69) is 128 Å². The molecule has 6 rings (SSSR count). The number of nitrogens with zero attached hydrogens (tertiary/aromatic N) is 3. The summed E-state index contributed by atoms with van der Waals surface area (Å²) in [6.07, 6.45) is 0. The molecule has 0 saturated carbocycles. The van der Waals surface area contributed by atoms with Gasteiger partial charge >= 0.3 is 0 Å². The summed E-state index contributed by atoms with van der Waals surface area (Å²) in [6.45, 7) is 7.31. The molecule has 0 unspecified atom stereocenters. The lowest BCUT2D eigenvalue weighted by Gasteiger charge is -2.19. The average Bonchev–Trinajstić information content (AvgIpc) is 3.22. The summed E-state index contributed by atoms with van der Waals surface area (Å²) in [5.41, 5.74) is 7.77. The van der Waals surface area contributed by atoms with Crippen molar-refractivity contribution in [1.29, 1.82) is 0 Å². The lowest BCUT2D eigenvalue weighted by atomic mass is 9.94. The third kappa shape index (κ3) is 4.07. The molecule has 0 atom stereocenters. The Morgan fingerprint density at radius 3 is 1.64 bits per heavy atom. The fraction of sp³-hybridized carbons (Fsp3) is 0.152. The van der Waals surface area contributed by atoms with Crippen LogP contribution in [0, 0.1) is 0 Å². The van der Waals surface area contributed by atoms with Gasteiger partial charge in [0.15, 0.2) is 0 Å². The summed E-state index contributed by atoms with van der Waals surface area (Å²) in [5.74, 6) is 0.855. The first-order valence-electron chi connectivity index (χ1n) is 12.5. The van der Waals surface area contributed by atoms with Gasteiger partial charge in [-0.1, -0.05) is 112 Å². The van der Waals surface area contributed by atoms with Crippen LogP contribution in [0.15, 0.2) is 109 Å². The van der Waals surface area contributed by atoms with Gasteiger partial charge in [0.1, 0.15) is 5.82 Å². The van der Waals surface area contributed by atoms with E-state index < -0.39 is 0 Å². The van der Waals surface area contributed by atoms with Crippen molar-refractivity contribution in [1.82, 2.24) is 14.5 Å². The highest BCUT2D eigenvalue weighted by atomic mass is 15.0. The van der Waals surface area contributed by atoms with Crippen LogP contribution in [-0.2, 0) is 12.0 Å². The fourth-order valence-electron chi connectivity index (χ4n) is 4.82. The molecule has 2 heterocycles. The second-order valence-electron chi connectivity index (χ2n) is 10.4. The summed E-state index contributed by atoms with van der Waals surface area (Å²) < 4.78 is 2.41. The van der Waals surface area contributed by atoms with E-state index in [-0.39, 0.29) is 5.41 Å². The van der Waals surface area contributed by atoms with E-state index in [1.165, 1.54) is 27.4 Å². The molecule has 0 aliphatic rings. The number of aromatic nitrogens is 3. The highest BCUT2D eigenvalue weighted by molar-refractivity contribution is 6.08. The molecule has 0 bridgehead atoms. The molecule has 0 aliphatic carbocycles. The molecule has 6 aromatic rings. The molecule has 3 nitrogen and oxygen atoms in total. The number of benzene rings is 4. The molecule has 2 aromatic heterocycles. The molecule has 0 spiro atoms. The summed E-state index contributed by atoms with van der Waals surface area (Å²) in [5, 5.41) is 2.60. The quantitative estimate of drug-likeness (QED) is 0.261. The Balaban J connectivity index is 1.38. The number of fused-ring (bicyclic) bond motifs is 3. The molecular weight excluding hydrogens is 438 g/mol. The van der Waals surface area contributed by atoms with E-state index in [9.17, 15) is 0 Å². The van der Waals surface area contributed by atoms with Crippen LogP contribution in [0.3, 0.4) is 0 Å². The standard InChI is InChI=1S/C33H29N3/c1-33(2,3)32-34-28(24-11-5-4-6-12-24)21-29(35-32)25-19-17-23(18-20-25)22-36-30-15-9-7-13-26(30)27-14-8-10-16-31(27)36/h4-21H,22H2,1-3H3. The van der Waals surface area contributed by atoms with Gasteiger partial charge in [0.2, 0.25) is 0 Å². The van der Waals surface area contributed by atoms with Crippen molar-refractivity contribution in [3.05, 3.63) is 121 Å². The first kappa shape index (κ1) is 22.2. The molecule has 0 amide bonds. The Morgan fingerprint density at radius 1 is 0.583 bits per heavy atom. The van der Waals surface area contributed by atoms with Crippen molar-refractivity contribution >= 4 is 21.8 Å². The minimum Gasteiger partial charge on any atom is -0.336 e. The van der Waals surface area contributed by atoms with Gasteiger partial charge in [-0.05, 0) is 23.8 Å². The number of para-hydroxylation sites is 2. The average molecular weight is 468 g/mol. The molecule has 0 saturated heterocycles. The zero-order valence-corrected chi connectivity index (χ0v) is 20.9. The smallest absolute Gasteiger partial charge is 0.135 e. The summed E-state index contributed by atoms with van der Waals surface area (Å²) in [6, 6.07) is 38.6. The predicted octanol–water partition coefficient (Wildman–Crippen LogP) is 8.26. The zero-order valence-electron chi connectivity index (χ0n) is 20.9. The molecule has 0 radical (unpaired) electrons. The van der Waals surface area contributed by atoms with Crippen molar-refractivity contribution in [2.24, 2.45) is 0 Å². The lowest BCUT2D eigenvalue weighted by Crippen LogP contribution is -2.17. The third-order valence-electron chi connectivity index (χ3n) is 6.74. The van der Waals surface area contributed by atoms with Gasteiger partial charge < -0.3 is 4.57 Å². The predicted molar refractivity (Wildman–Crippen MR) is 150 cm³/mol. The Kier molecular flexibility index (Phi) is 5.41. The lowest BCUT2D eigenvalue weighted by molar-refractivity contribution is 0.547. The minimum atomic E-state index is -0.143. The molecule has 36 heavy (non-hydrogen) atoms. The first-order valence-corrected chi connectivity index (χ1v) is 12.5. The first-order chi connectivity index (χ1) is 17.5. The van der Waals surface area contributed by atoms with Crippen LogP contribution in [0.5, 0.6) is 0 Å². The van der Waals surface area contributed by atoms with Gasteiger partial charge in [0.05, 0.1) is 11.4 Å². The van der Waals surface area contributed by atoms with Crippen molar-refractivity contribution in [3.8, 4) is 22.5 Å². The maximum absolute atomic E-state index is 4.97. The van der Waals surface area contributed by atoms with Crippen LogP contribution in [0.25, 0.3) is 44.3 Å². The number of hydrogen-bond donors (Lipinski definition) is 0. The molecule has 176 valence electrons. The van der Waals surface area contributed by atoms with E-state index in [1.807, 2.05) is 6.07 Å². The maximum atomic E-state index is 4.97. The van der Waals surface area contributed by atoms with Crippen LogP contribution >= 0.6 is 0 Å². The zero-order chi connectivity index (χ0) is 24.7. The summed E-state index contributed by atoms with van der Waals surface area (Å²) >= 11 is 0. The minimum absolute atomic E-state index is 0.143. The van der Waals surface area contributed by atoms with Crippen LogP contribution in [0.4, 0.5) is 0 Å². The van der Waals surface area contributed by atoms with E-state index in [1.54, 1.807) is 0 Å². The molecule has 4 aromatic carbocycles. The third-order valence-corrected chi connectivity index (χ3v) is 6.74. The molecule has 0 fully saturated rings. The maximum Gasteiger partial charge on any atom is 0.135 e. The Labute approximate surface area is 212 Å². The highest BCUT2D eigenvalue weighted by Crippen LogP contribution is 2.31. The highest BCUT2D eigenvalue weighted by Gasteiger charge is 2.20. The van der Waals surface area contributed by atoms with Crippen molar-refractivity contribution in [2.45, 2.75) is 32.7 Å². The Hall–Kier alpha value is -4.24. The van der Waals surface area contributed by atoms with Gasteiger partial charge in [-0.25, -0.2) is 9.97 Å². The van der Waals surface area contributed by atoms with Gasteiger partial charge in [-0.2, -0.15) is 0 Å². The fourth-order valence-corrected chi connectivity index (χ4v) is 4.82. The van der Waals surface area contributed by atoms with Crippen molar-refractivity contribution < 1.29 is 0 Å². The van der Waals surface area contributed by atoms with Gasteiger partial charge in [-0.3, -0.25) is 0 Å². The topological polar surface area (TPSA) is 30.7 Å². The van der Waals surface area contributed by atoms with Gasteiger partial charge in [0, 0.05) is 44.9 Å². The Morgan fingerprint density at radius 2 is 1.08 bits per heavy atom. The van der Waals surface area contributed by atoms with Crippen LogP contribution in [0.1, 0.15) is 32.2 Å². The Bertz CT molecular complexity index is 1620. The molecular formula is C33H29N3. The van der Waals surface area contributed by atoms with Gasteiger partial charge in [0.25, 0.3) is 0 Å². The van der Waals surface area contributed by atoms with E-state index in [0.717, 1.165) is 34.9 Å². The number of hydrogen-bond acceptors (Lipinski definition) is 2.